The van der Waals surface area contributed by atoms with E-state index in [4.69, 9.17) is 9.15 Å². The Morgan fingerprint density at radius 2 is 1.69 bits per heavy atom. The zero-order chi connectivity index (χ0) is 18.6. The molecule has 0 atom stereocenters. The number of benzene rings is 2. The van der Waals surface area contributed by atoms with Gasteiger partial charge in [-0.3, -0.25) is 4.79 Å². The van der Waals surface area contributed by atoms with Gasteiger partial charge in [0.05, 0.1) is 11.8 Å². The van der Waals surface area contributed by atoms with Crippen molar-refractivity contribution >= 4 is 11.6 Å². The fraction of sp³-hybridized carbons (Fsp3) is 0.105. The van der Waals surface area contributed by atoms with E-state index in [2.05, 4.69) is 5.32 Å². The normalized spacial score (nSPS) is 11.2. The zero-order valence-electron chi connectivity index (χ0n) is 13.4. The summed E-state index contributed by atoms with van der Waals surface area (Å²) in [4.78, 5) is 12.3. The van der Waals surface area contributed by atoms with Crippen LogP contribution in [0.25, 0.3) is 0 Å². The van der Waals surface area contributed by atoms with Gasteiger partial charge in [0.1, 0.15) is 12.4 Å². The lowest BCUT2D eigenvalue weighted by molar-refractivity contribution is -0.137. The summed E-state index contributed by atoms with van der Waals surface area (Å²) in [7, 11) is 0. The highest BCUT2D eigenvalue weighted by Gasteiger charge is 2.30. The highest BCUT2D eigenvalue weighted by atomic mass is 19.4. The predicted octanol–water partition coefficient (Wildman–Crippen LogP) is 5.13. The molecule has 4 nitrogen and oxygen atoms in total. The molecule has 0 saturated heterocycles. The average Bonchev–Trinajstić information content (AvgIpc) is 3.09. The summed E-state index contributed by atoms with van der Waals surface area (Å²) in [5, 5.41) is 2.51. The Bertz CT molecular complexity index is 871. The lowest BCUT2D eigenvalue weighted by Gasteiger charge is -2.09. The number of anilines is 1. The largest absolute Gasteiger partial charge is 0.489 e. The average molecular weight is 361 g/mol. The molecule has 0 saturated carbocycles. The van der Waals surface area contributed by atoms with E-state index in [1.54, 1.807) is 18.2 Å². The minimum Gasteiger partial charge on any atom is -0.489 e. The second-order valence-electron chi connectivity index (χ2n) is 5.41. The maximum absolute atomic E-state index is 12.6. The van der Waals surface area contributed by atoms with E-state index in [0.29, 0.717) is 11.3 Å². The molecule has 26 heavy (non-hydrogen) atoms. The minimum atomic E-state index is -4.43. The monoisotopic (exact) mass is 361 g/mol. The lowest BCUT2D eigenvalue weighted by atomic mass is 10.2. The molecule has 3 rings (SSSR count). The molecule has 3 aromatic rings. The number of ether oxygens (including phenoxy) is 1. The summed E-state index contributed by atoms with van der Waals surface area (Å²) < 4.78 is 48.5. The first-order valence-corrected chi connectivity index (χ1v) is 7.66. The van der Waals surface area contributed by atoms with Crippen LogP contribution in [-0.4, -0.2) is 5.91 Å². The molecule has 0 aliphatic heterocycles. The third kappa shape index (κ3) is 4.24. The summed E-state index contributed by atoms with van der Waals surface area (Å²) in [6, 6.07) is 14.8. The molecule has 0 aliphatic rings. The second-order valence-corrected chi connectivity index (χ2v) is 5.41. The first kappa shape index (κ1) is 17.6. The Balaban J connectivity index is 1.66. The third-order valence-electron chi connectivity index (χ3n) is 3.56. The van der Waals surface area contributed by atoms with Crippen LogP contribution >= 0.6 is 0 Å². The number of halogens is 3. The smallest absolute Gasteiger partial charge is 0.416 e. The van der Waals surface area contributed by atoms with Gasteiger partial charge in [-0.1, -0.05) is 18.2 Å². The molecule has 2 aromatic carbocycles. The van der Waals surface area contributed by atoms with Gasteiger partial charge in [0.25, 0.3) is 5.91 Å². The standard InChI is InChI=1S/C19H14F3NO3/c20-19(21,22)14-6-8-15(9-7-14)23-18(24)17-13(10-11-25-17)12-26-16-4-2-1-3-5-16/h1-11H,12H2,(H,23,24). The van der Waals surface area contributed by atoms with Gasteiger partial charge in [-0.2, -0.15) is 13.2 Å². The number of furan rings is 1. The molecule has 0 spiro atoms. The molecule has 134 valence electrons. The van der Waals surface area contributed by atoms with Crippen molar-refractivity contribution in [3.8, 4) is 5.75 Å². The molecule has 1 aromatic heterocycles. The van der Waals surface area contributed by atoms with Gasteiger partial charge < -0.3 is 14.5 Å². The van der Waals surface area contributed by atoms with E-state index in [0.717, 1.165) is 12.1 Å². The van der Waals surface area contributed by atoms with Gasteiger partial charge in [0, 0.05) is 11.3 Å². The first-order valence-electron chi connectivity index (χ1n) is 7.66. The van der Waals surface area contributed by atoms with Crippen LogP contribution in [0.3, 0.4) is 0 Å². The van der Waals surface area contributed by atoms with Crippen LogP contribution in [0.1, 0.15) is 21.7 Å². The zero-order valence-corrected chi connectivity index (χ0v) is 13.4. The van der Waals surface area contributed by atoms with Crippen molar-refractivity contribution in [2.75, 3.05) is 5.32 Å². The number of para-hydroxylation sites is 1. The summed E-state index contributed by atoms with van der Waals surface area (Å²) in [5.41, 5.74) is -0.0296. The molecule has 0 aliphatic carbocycles. The summed E-state index contributed by atoms with van der Waals surface area (Å²) in [6.45, 7) is 0.121. The maximum Gasteiger partial charge on any atom is 0.416 e. The highest BCUT2D eigenvalue weighted by molar-refractivity contribution is 6.03. The molecule has 1 amide bonds. The van der Waals surface area contributed by atoms with Gasteiger partial charge in [-0.25, -0.2) is 0 Å². The van der Waals surface area contributed by atoms with Crippen molar-refractivity contribution in [1.82, 2.24) is 0 Å². The van der Waals surface area contributed by atoms with Crippen LogP contribution in [-0.2, 0) is 12.8 Å². The number of alkyl halides is 3. The van der Waals surface area contributed by atoms with Gasteiger partial charge in [0.15, 0.2) is 5.76 Å². The third-order valence-corrected chi connectivity index (χ3v) is 3.56. The van der Waals surface area contributed by atoms with Crippen LogP contribution < -0.4 is 10.1 Å². The number of hydrogen-bond donors (Lipinski definition) is 1. The van der Waals surface area contributed by atoms with Crippen molar-refractivity contribution in [3.05, 3.63) is 83.8 Å². The van der Waals surface area contributed by atoms with Crippen molar-refractivity contribution in [2.45, 2.75) is 12.8 Å². The SMILES string of the molecule is O=C(Nc1ccc(C(F)(F)F)cc1)c1occc1COc1ccccc1. The van der Waals surface area contributed by atoms with Crippen molar-refractivity contribution in [1.29, 1.82) is 0 Å². The van der Waals surface area contributed by atoms with E-state index < -0.39 is 17.6 Å². The molecular formula is C19H14F3NO3. The fourth-order valence-electron chi connectivity index (χ4n) is 2.26. The number of amides is 1. The van der Waals surface area contributed by atoms with Crippen molar-refractivity contribution in [3.63, 3.8) is 0 Å². The van der Waals surface area contributed by atoms with E-state index in [1.807, 2.05) is 18.2 Å². The van der Waals surface area contributed by atoms with Gasteiger partial charge in [0.2, 0.25) is 0 Å². The van der Waals surface area contributed by atoms with E-state index in [9.17, 15) is 18.0 Å². The van der Waals surface area contributed by atoms with Crippen LogP contribution in [0, 0.1) is 0 Å². The second kappa shape index (κ2) is 7.35. The van der Waals surface area contributed by atoms with E-state index in [1.165, 1.54) is 18.4 Å². The van der Waals surface area contributed by atoms with E-state index in [-0.39, 0.29) is 18.1 Å². The molecule has 0 bridgehead atoms. The minimum absolute atomic E-state index is 0.0424. The molecule has 7 heteroatoms. The van der Waals surface area contributed by atoms with Crippen LogP contribution in [0.15, 0.2) is 71.3 Å². The highest BCUT2D eigenvalue weighted by Crippen LogP contribution is 2.30. The summed E-state index contributed by atoms with van der Waals surface area (Å²) in [6.07, 6.45) is -3.07. The van der Waals surface area contributed by atoms with Crippen molar-refractivity contribution in [2.24, 2.45) is 0 Å². The molecular weight excluding hydrogens is 347 g/mol. The number of carbonyl (C=O) groups is 1. The molecule has 0 radical (unpaired) electrons. The van der Waals surface area contributed by atoms with Crippen LogP contribution in [0.5, 0.6) is 5.75 Å². The Morgan fingerprint density at radius 3 is 2.35 bits per heavy atom. The van der Waals surface area contributed by atoms with Crippen LogP contribution in [0.4, 0.5) is 18.9 Å². The molecule has 0 fully saturated rings. The topological polar surface area (TPSA) is 51.5 Å². The van der Waals surface area contributed by atoms with Crippen molar-refractivity contribution < 1.29 is 27.1 Å². The predicted molar refractivity (Wildman–Crippen MR) is 88.9 cm³/mol. The van der Waals surface area contributed by atoms with Crippen LogP contribution in [0.2, 0.25) is 0 Å². The first-order chi connectivity index (χ1) is 12.4. The summed E-state index contributed by atoms with van der Waals surface area (Å²) >= 11 is 0. The number of nitrogens with one attached hydrogen (secondary N) is 1. The fourth-order valence-corrected chi connectivity index (χ4v) is 2.26. The maximum atomic E-state index is 12.6. The Morgan fingerprint density at radius 1 is 1.00 bits per heavy atom. The molecule has 0 unspecified atom stereocenters. The van der Waals surface area contributed by atoms with Gasteiger partial charge in [-0.05, 0) is 42.5 Å². The Hall–Kier alpha value is -3.22. The number of rotatable bonds is 5. The quantitative estimate of drug-likeness (QED) is 0.685. The Labute approximate surface area is 147 Å². The van der Waals surface area contributed by atoms with Gasteiger partial charge in [-0.15, -0.1) is 0 Å². The number of hydrogen-bond acceptors (Lipinski definition) is 3. The Kier molecular flexibility index (Phi) is 4.97. The van der Waals surface area contributed by atoms with E-state index >= 15 is 0 Å². The number of carbonyl (C=O) groups excluding carboxylic acids is 1. The lowest BCUT2D eigenvalue weighted by Crippen LogP contribution is -2.14. The molecule has 1 N–H and O–H groups in total. The summed E-state index contributed by atoms with van der Waals surface area (Å²) in [5.74, 6) is 0.116. The van der Waals surface area contributed by atoms with Gasteiger partial charge >= 0.3 is 6.18 Å². The molecule has 1 heterocycles.